The third kappa shape index (κ3) is 41.6. The zero-order chi connectivity index (χ0) is 33.7. The standard InChI is InChI=1S/C39H80NO5P/c41-39(40-42)37-35-33-31-29-27-25-23-21-19-17-15-13-11-9-7-5-3-1-2-4-6-8-10-12-14-16-18-20-22-24-26-28-30-32-34-36-38-46(43,44)45/h42H,1-38H2,(H,40,41)(H2,43,44,45). The average molecular weight is 674 g/mol. The summed E-state index contributed by atoms with van der Waals surface area (Å²) in [5, 5.41) is 8.47. The molecule has 0 spiro atoms. The minimum atomic E-state index is -3.78. The Kier molecular flexibility index (Phi) is 37.1. The van der Waals surface area contributed by atoms with Crippen molar-refractivity contribution in [2.24, 2.45) is 0 Å². The molecule has 0 saturated heterocycles. The highest BCUT2D eigenvalue weighted by Gasteiger charge is 2.10. The molecular formula is C39H80NO5P. The Bertz CT molecular complexity index is 656. The van der Waals surface area contributed by atoms with Crippen LogP contribution in [0.25, 0.3) is 0 Å². The molecule has 0 saturated carbocycles. The van der Waals surface area contributed by atoms with E-state index in [0.29, 0.717) is 12.8 Å². The zero-order valence-corrected chi connectivity index (χ0v) is 31.4. The van der Waals surface area contributed by atoms with Crippen molar-refractivity contribution in [1.29, 1.82) is 0 Å². The molecule has 0 aliphatic carbocycles. The van der Waals surface area contributed by atoms with Gasteiger partial charge < -0.3 is 9.79 Å². The molecule has 4 N–H and O–H groups in total. The second kappa shape index (κ2) is 37.4. The third-order valence-corrected chi connectivity index (χ3v) is 10.6. The number of hydrogen-bond donors (Lipinski definition) is 4. The fourth-order valence-electron chi connectivity index (χ4n) is 6.67. The molecule has 0 aromatic rings. The van der Waals surface area contributed by atoms with Gasteiger partial charge in [-0.25, -0.2) is 5.48 Å². The highest BCUT2D eigenvalue weighted by Crippen LogP contribution is 2.35. The topological polar surface area (TPSA) is 107 Å². The van der Waals surface area contributed by atoms with Gasteiger partial charge >= 0.3 is 7.60 Å². The number of hydrogen-bond acceptors (Lipinski definition) is 3. The van der Waals surface area contributed by atoms with Crippen LogP contribution < -0.4 is 5.48 Å². The van der Waals surface area contributed by atoms with Crippen LogP contribution in [0.15, 0.2) is 0 Å². The number of carbonyl (C=O) groups is 1. The molecule has 0 atom stereocenters. The second-order valence-electron chi connectivity index (χ2n) is 14.4. The fraction of sp³-hybridized carbons (Fsp3) is 0.974. The molecule has 0 heterocycles. The lowest BCUT2D eigenvalue weighted by Crippen LogP contribution is -2.17. The molecule has 0 bridgehead atoms. The summed E-state index contributed by atoms with van der Waals surface area (Å²) in [4.78, 5) is 28.7. The minimum Gasteiger partial charge on any atom is -0.324 e. The van der Waals surface area contributed by atoms with Gasteiger partial charge in [0.2, 0.25) is 5.91 Å². The Labute approximate surface area is 286 Å². The van der Waals surface area contributed by atoms with E-state index in [4.69, 9.17) is 15.0 Å². The molecule has 0 fully saturated rings. The van der Waals surface area contributed by atoms with Crippen molar-refractivity contribution in [3.63, 3.8) is 0 Å². The van der Waals surface area contributed by atoms with E-state index >= 15 is 0 Å². The number of amides is 1. The molecular weight excluding hydrogens is 593 g/mol. The van der Waals surface area contributed by atoms with E-state index in [1.807, 2.05) is 0 Å². The Balaban J connectivity index is 3.07. The van der Waals surface area contributed by atoms with Crippen molar-refractivity contribution in [2.75, 3.05) is 6.16 Å². The lowest BCUT2D eigenvalue weighted by molar-refractivity contribution is -0.129. The van der Waals surface area contributed by atoms with Gasteiger partial charge in [0.05, 0.1) is 0 Å². The van der Waals surface area contributed by atoms with E-state index in [2.05, 4.69) is 0 Å². The van der Waals surface area contributed by atoms with Crippen molar-refractivity contribution in [1.82, 2.24) is 5.48 Å². The summed E-state index contributed by atoms with van der Waals surface area (Å²) >= 11 is 0. The first-order chi connectivity index (χ1) is 22.5. The second-order valence-corrected chi connectivity index (χ2v) is 16.2. The summed E-state index contributed by atoms with van der Waals surface area (Å²) in [7, 11) is -3.78. The quantitative estimate of drug-likeness (QED) is 0.0225. The van der Waals surface area contributed by atoms with Gasteiger partial charge in [0, 0.05) is 12.6 Å². The molecule has 0 aliphatic rings. The van der Waals surface area contributed by atoms with Crippen molar-refractivity contribution in [3.05, 3.63) is 0 Å². The first kappa shape index (κ1) is 45.6. The van der Waals surface area contributed by atoms with Crippen LogP contribution in [0.4, 0.5) is 0 Å². The van der Waals surface area contributed by atoms with E-state index in [1.165, 1.54) is 199 Å². The highest BCUT2D eigenvalue weighted by molar-refractivity contribution is 7.51. The van der Waals surface area contributed by atoms with E-state index < -0.39 is 7.60 Å². The summed E-state index contributed by atoms with van der Waals surface area (Å²) in [6, 6.07) is 0. The maximum atomic E-state index is 10.9. The average Bonchev–Trinajstić information content (AvgIpc) is 3.03. The van der Waals surface area contributed by atoms with Gasteiger partial charge in [-0.05, 0) is 12.8 Å². The van der Waals surface area contributed by atoms with Crippen LogP contribution in [0.1, 0.15) is 238 Å². The Hall–Kier alpha value is -0.420. The summed E-state index contributed by atoms with van der Waals surface area (Å²) in [5.74, 6) is -0.261. The van der Waals surface area contributed by atoms with Crippen LogP contribution in [-0.2, 0) is 9.36 Å². The van der Waals surface area contributed by atoms with Crippen LogP contribution in [0, 0.1) is 0 Å². The lowest BCUT2D eigenvalue weighted by Gasteiger charge is -2.05. The number of hydroxylamine groups is 1. The van der Waals surface area contributed by atoms with E-state index in [1.54, 1.807) is 5.48 Å². The molecule has 0 unspecified atom stereocenters. The molecule has 0 radical (unpaired) electrons. The van der Waals surface area contributed by atoms with Gasteiger partial charge in [-0.1, -0.05) is 218 Å². The van der Waals surface area contributed by atoms with Crippen molar-refractivity contribution in [2.45, 2.75) is 238 Å². The number of nitrogens with one attached hydrogen (secondary N) is 1. The maximum Gasteiger partial charge on any atom is 0.325 e. The van der Waals surface area contributed by atoms with Crippen LogP contribution in [0.5, 0.6) is 0 Å². The third-order valence-electron chi connectivity index (χ3n) is 9.73. The predicted octanol–water partition coefficient (Wildman–Crippen LogP) is 13.1. The number of unbranched alkanes of at least 4 members (excludes halogenated alkanes) is 35. The van der Waals surface area contributed by atoms with Crippen LogP contribution in [0.2, 0.25) is 0 Å². The van der Waals surface area contributed by atoms with Crippen molar-refractivity contribution in [3.8, 4) is 0 Å². The van der Waals surface area contributed by atoms with E-state index in [9.17, 15) is 9.36 Å². The fourth-order valence-corrected chi connectivity index (χ4v) is 7.31. The predicted molar refractivity (Wildman–Crippen MR) is 198 cm³/mol. The Morgan fingerprint density at radius 2 is 0.522 bits per heavy atom. The first-order valence-corrected chi connectivity index (χ1v) is 22.2. The van der Waals surface area contributed by atoms with Crippen LogP contribution in [-0.4, -0.2) is 27.1 Å². The van der Waals surface area contributed by atoms with Gasteiger partial charge in [-0.2, -0.15) is 0 Å². The van der Waals surface area contributed by atoms with Gasteiger partial charge in [-0.15, -0.1) is 0 Å². The SMILES string of the molecule is O=C(CCCCCCCCCCCCCCCCCCCCCCCCCCCCCCCCCCCCCCP(=O)(O)O)NO. The maximum absolute atomic E-state index is 10.9. The van der Waals surface area contributed by atoms with E-state index in [0.717, 1.165) is 25.7 Å². The Morgan fingerprint density at radius 3 is 0.696 bits per heavy atom. The molecule has 46 heavy (non-hydrogen) atoms. The largest absolute Gasteiger partial charge is 0.325 e. The first-order valence-electron chi connectivity index (χ1n) is 20.4. The number of carbonyl (C=O) groups excluding carboxylic acids is 1. The van der Waals surface area contributed by atoms with Crippen LogP contribution >= 0.6 is 7.60 Å². The molecule has 0 rings (SSSR count). The number of rotatable bonds is 39. The van der Waals surface area contributed by atoms with E-state index in [-0.39, 0.29) is 12.1 Å². The van der Waals surface area contributed by atoms with Crippen molar-refractivity contribution < 1.29 is 24.4 Å². The minimum absolute atomic E-state index is 0.0557. The molecule has 276 valence electrons. The summed E-state index contributed by atoms with van der Waals surface area (Å²) in [5.41, 5.74) is 1.70. The monoisotopic (exact) mass is 674 g/mol. The summed E-state index contributed by atoms with van der Waals surface area (Å²) in [6.07, 6.45) is 48.4. The molecule has 1 amide bonds. The van der Waals surface area contributed by atoms with Gasteiger partial charge in [0.1, 0.15) is 0 Å². The summed E-state index contributed by atoms with van der Waals surface area (Å²) in [6.45, 7) is 0. The zero-order valence-electron chi connectivity index (χ0n) is 30.5. The Morgan fingerprint density at radius 1 is 0.348 bits per heavy atom. The summed E-state index contributed by atoms with van der Waals surface area (Å²) < 4.78 is 10.8. The van der Waals surface area contributed by atoms with Gasteiger partial charge in [0.15, 0.2) is 0 Å². The van der Waals surface area contributed by atoms with Crippen LogP contribution in [0.3, 0.4) is 0 Å². The molecule has 0 aromatic heterocycles. The van der Waals surface area contributed by atoms with Crippen molar-refractivity contribution >= 4 is 13.5 Å². The highest BCUT2D eigenvalue weighted by atomic mass is 31.2. The molecule has 6 nitrogen and oxygen atoms in total. The molecule has 7 heteroatoms. The molecule has 0 aliphatic heterocycles. The lowest BCUT2D eigenvalue weighted by atomic mass is 10.0. The normalized spacial score (nSPS) is 11.8. The van der Waals surface area contributed by atoms with Gasteiger partial charge in [0.25, 0.3) is 0 Å². The molecule has 0 aromatic carbocycles. The van der Waals surface area contributed by atoms with Gasteiger partial charge in [-0.3, -0.25) is 14.6 Å². The smallest absolute Gasteiger partial charge is 0.324 e.